The molecule has 0 unspecified atom stereocenters. The van der Waals surface area contributed by atoms with Gasteiger partial charge in [0.15, 0.2) is 0 Å². The SMILES string of the molecule is Cn1ccnc1CNCc1ccccc1C1CC1. The van der Waals surface area contributed by atoms with Crippen LogP contribution in [0.5, 0.6) is 0 Å². The molecule has 0 atom stereocenters. The van der Waals surface area contributed by atoms with E-state index in [1.807, 2.05) is 19.4 Å². The Morgan fingerprint density at radius 2 is 2.11 bits per heavy atom. The van der Waals surface area contributed by atoms with Gasteiger partial charge in [-0.3, -0.25) is 0 Å². The molecule has 1 aromatic heterocycles. The predicted octanol–water partition coefficient (Wildman–Crippen LogP) is 2.59. The van der Waals surface area contributed by atoms with E-state index < -0.39 is 0 Å². The van der Waals surface area contributed by atoms with Crippen molar-refractivity contribution in [3.8, 4) is 0 Å². The third-order valence-electron chi connectivity index (χ3n) is 3.59. The molecule has 0 amide bonds. The molecule has 0 spiro atoms. The summed E-state index contributed by atoms with van der Waals surface area (Å²) in [5, 5.41) is 3.48. The average Bonchev–Trinajstić information content (AvgIpc) is 3.15. The smallest absolute Gasteiger partial charge is 0.122 e. The highest BCUT2D eigenvalue weighted by atomic mass is 15.1. The van der Waals surface area contributed by atoms with Crippen LogP contribution in [0.3, 0.4) is 0 Å². The monoisotopic (exact) mass is 241 g/mol. The van der Waals surface area contributed by atoms with Crippen LogP contribution in [0, 0.1) is 0 Å². The van der Waals surface area contributed by atoms with Crippen LogP contribution in [-0.2, 0) is 20.1 Å². The molecule has 0 saturated heterocycles. The third kappa shape index (κ3) is 2.46. The van der Waals surface area contributed by atoms with Crippen molar-refractivity contribution in [1.29, 1.82) is 0 Å². The van der Waals surface area contributed by atoms with Gasteiger partial charge < -0.3 is 9.88 Å². The molecule has 1 aromatic carbocycles. The summed E-state index contributed by atoms with van der Waals surface area (Å²) in [4.78, 5) is 4.32. The molecule has 1 N–H and O–H groups in total. The fraction of sp³-hybridized carbons (Fsp3) is 0.400. The van der Waals surface area contributed by atoms with Gasteiger partial charge in [-0.1, -0.05) is 24.3 Å². The molecule has 1 heterocycles. The highest BCUT2D eigenvalue weighted by Gasteiger charge is 2.25. The van der Waals surface area contributed by atoms with Gasteiger partial charge in [-0.15, -0.1) is 0 Å². The van der Waals surface area contributed by atoms with Crippen LogP contribution >= 0.6 is 0 Å². The van der Waals surface area contributed by atoms with Gasteiger partial charge in [0.2, 0.25) is 0 Å². The maximum absolute atomic E-state index is 4.32. The molecule has 1 saturated carbocycles. The number of aryl methyl sites for hydroxylation is 1. The van der Waals surface area contributed by atoms with Gasteiger partial charge in [0.25, 0.3) is 0 Å². The maximum atomic E-state index is 4.32. The largest absolute Gasteiger partial charge is 0.337 e. The normalized spacial score (nSPS) is 14.9. The Balaban J connectivity index is 1.61. The molecule has 1 aliphatic carbocycles. The minimum absolute atomic E-state index is 0.816. The summed E-state index contributed by atoms with van der Waals surface area (Å²) in [5.74, 6) is 1.90. The maximum Gasteiger partial charge on any atom is 0.122 e. The van der Waals surface area contributed by atoms with Gasteiger partial charge in [-0.2, -0.15) is 0 Å². The number of nitrogens with one attached hydrogen (secondary N) is 1. The number of nitrogens with zero attached hydrogens (tertiary/aromatic N) is 2. The first kappa shape index (κ1) is 11.5. The summed E-state index contributed by atoms with van der Waals surface area (Å²) in [7, 11) is 2.03. The molecular weight excluding hydrogens is 222 g/mol. The van der Waals surface area contributed by atoms with Crippen molar-refractivity contribution in [3.05, 3.63) is 53.6 Å². The van der Waals surface area contributed by atoms with Crippen molar-refractivity contribution >= 4 is 0 Å². The fourth-order valence-electron chi connectivity index (χ4n) is 2.36. The van der Waals surface area contributed by atoms with Crippen LogP contribution in [0.4, 0.5) is 0 Å². The molecule has 3 rings (SSSR count). The van der Waals surface area contributed by atoms with E-state index in [-0.39, 0.29) is 0 Å². The summed E-state index contributed by atoms with van der Waals surface area (Å²) >= 11 is 0. The van der Waals surface area contributed by atoms with Crippen molar-refractivity contribution in [2.24, 2.45) is 7.05 Å². The van der Waals surface area contributed by atoms with Crippen LogP contribution in [0.15, 0.2) is 36.7 Å². The number of hydrogen-bond donors (Lipinski definition) is 1. The van der Waals surface area contributed by atoms with E-state index in [0.717, 1.165) is 24.8 Å². The molecule has 1 fully saturated rings. The van der Waals surface area contributed by atoms with Gasteiger partial charge in [-0.25, -0.2) is 4.98 Å². The quantitative estimate of drug-likeness (QED) is 0.872. The van der Waals surface area contributed by atoms with Crippen molar-refractivity contribution < 1.29 is 0 Å². The van der Waals surface area contributed by atoms with Gasteiger partial charge in [0, 0.05) is 26.0 Å². The Labute approximate surface area is 108 Å². The summed E-state index contributed by atoms with van der Waals surface area (Å²) in [6, 6.07) is 8.79. The van der Waals surface area contributed by atoms with Crippen LogP contribution < -0.4 is 5.32 Å². The summed E-state index contributed by atoms with van der Waals surface area (Å²) in [6.07, 6.45) is 6.54. The van der Waals surface area contributed by atoms with Crippen molar-refractivity contribution in [2.45, 2.75) is 31.8 Å². The summed E-state index contributed by atoms with van der Waals surface area (Å²) in [5.41, 5.74) is 2.97. The third-order valence-corrected chi connectivity index (χ3v) is 3.59. The Morgan fingerprint density at radius 3 is 2.83 bits per heavy atom. The van der Waals surface area contributed by atoms with Crippen LogP contribution in [-0.4, -0.2) is 9.55 Å². The van der Waals surface area contributed by atoms with Crippen molar-refractivity contribution in [1.82, 2.24) is 14.9 Å². The zero-order valence-corrected chi connectivity index (χ0v) is 10.8. The molecule has 3 heteroatoms. The van der Waals surface area contributed by atoms with E-state index in [1.165, 1.54) is 24.0 Å². The Morgan fingerprint density at radius 1 is 1.28 bits per heavy atom. The molecule has 0 aliphatic heterocycles. The van der Waals surface area contributed by atoms with Crippen LogP contribution in [0.2, 0.25) is 0 Å². The minimum atomic E-state index is 0.816. The standard InChI is InChI=1S/C15H19N3/c1-18-9-8-17-15(18)11-16-10-13-4-2-3-5-14(13)12-6-7-12/h2-5,8-9,12,16H,6-7,10-11H2,1H3. The number of benzene rings is 1. The lowest BCUT2D eigenvalue weighted by molar-refractivity contribution is 0.636. The number of imidazole rings is 1. The predicted molar refractivity (Wildman–Crippen MR) is 72.2 cm³/mol. The van der Waals surface area contributed by atoms with Gasteiger partial charge >= 0.3 is 0 Å². The number of hydrogen-bond acceptors (Lipinski definition) is 2. The Hall–Kier alpha value is -1.61. The van der Waals surface area contributed by atoms with Gasteiger partial charge in [-0.05, 0) is 29.9 Å². The van der Waals surface area contributed by atoms with E-state index in [4.69, 9.17) is 0 Å². The zero-order chi connectivity index (χ0) is 12.4. The first-order valence-corrected chi connectivity index (χ1v) is 6.59. The fourth-order valence-corrected chi connectivity index (χ4v) is 2.36. The zero-order valence-electron chi connectivity index (χ0n) is 10.8. The number of rotatable bonds is 5. The van der Waals surface area contributed by atoms with Crippen LogP contribution in [0.25, 0.3) is 0 Å². The average molecular weight is 241 g/mol. The second-order valence-corrected chi connectivity index (χ2v) is 5.03. The molecule has 0 radical (unpaired) electrons. The molecule has 18 heavy (non-hydrogen) atoms. The topological polar surface area (TPSA) is 29.9 Å². The second kappa shape index (κ2) is 4.94. The van der Waals surface area contributed by atoms with Crippen LogP contribution in [0.1, 0.15) is 35.7 Å². The summed E-state index contributed by atoms with van der Waals surface area (Å²) in [6.45, 7) is 1.75. The molecule has 94 valence electrons. The number of aromatic nitrogens is 2. The van der Waals surface area contributed by atoms with E-state index in [1.54, 1.807) is 0 Å². The van der Waals surface area contributed by atoms with E-state index in [9.17, 15) is 0 Å². The Bertz CT molecular complexity index is 526. The first-order chi connectivity index (χ1) is 8.84. The molecule has 2 aromatic rings. The molecule has 0 bridgehead atoms. The highest BCUT2D eigenvalue weighted by Crippen LogP contribution is 2.41. The van der Waals surface area contributed by atoms with E-state index >= 15 is 0 Å². The van der Waals surface area contributed by atoms with Crippen molar-refractivity contribution in [3.63, 3.8) is 0 Å². The van der Waals surface area contributed by atoms with Gasteiger partial charge in [0.05, 0.1) is 6.54 Å². The molecule has 1 aliphatic rings. The molecule has 3 nitrogen and oxygen atoms in total. The lowest BCUT2D eigenvalue weighted by atomic mass is 10.0. The van der Waals surface area contributed by atoms with Crippen molar-refractivity contribution in [2.75, 3.05) is 0 Å². The lowest BCUT2D eigenvalue weighted by Gasteiger charge is -2.09. The summed E-state index contributed by atoms with van der Waals surface area (Å²) < 4.78 is 2.06. The Kier molecular flexibility index (Phi) is 3.15. The first-order valence-electron chi connectivity index (χ1n) is 6.59. The van der Waals surface area contributed by atoms with Gasteiger partial charge in [0.1, 0.15) is 5.82 Å². The molecular formula is C15H19N3. The second-order valence-electron chi connectivity index (χ2n) is 5.03. The lowest BCUT2D eigenvalue weighted by Crippen LogP contribution is -2.16. The highest BCUT2D eigenvalue weighted by molar-refractivity contribution is 5.33. The van der Waals surface area contributed by atoms with E-state index in [2.05, 4.69) is 39.1 Å². The van der Waals surface area contributed by atoms with E-state index in [0.29, 0.717) is 0 Å². The minimum Gasteiger partial charge on any atom is -0.337 e.